The van der Waals surface area contributed by atoms with E-state index in [-0.39, 0.29) is 46.1 Å². The smallest absolute Gasteiger partial charge is 0.349 e. The fourth-order valence-corrected chi connectivity index (χ4v) is 5.09. The van der Waals surface area contributed by atoms with E-state index in [1.54, 1.807) is 19.1 Å². The van der Waals surface area contributed by atoms with Gasteiger partial charge in [0, 0.05) is 17.3 Å². The number of carbonyl (C=O) groups excluding carboxylic acids is 2. The average molecular weight is 637 g/mol. The fourth-order valence-electron chi connectivity index (χ4n) is 4.61. The van der Waals surface area contributed by atoms with Crippen molar-refractivity contribution in [2.24, 2.45) is 0 Å². The summed E-state index contributed by atoms with van der Waals surface area (Å²) in [6.45, 7) is 3.03. The molecule has 17 heteroatoms. The Bertz CT molecular complexity index is 1670. The average Bonchev–Trinajstić information content (AvgIpc) is 3.59. The molecule has 0 atom stereocenters. The zero-order valence-corrected chi connectivity index (χ0v) is 24.4. The lowest BCUT2D eigenvalue weighted by Gasteiger charge is -2.29. The molecule has 0 radical (unpaired) electrons. The monoisotopic (exact) mass is 636 g/mol. The third kappa shape index (κ3) is 6.95. The van der Waals surface area contributed by atoms with Crippen LogP contribution >= 0.6 is 23.2 Å². The first-order chi connectivity index (χ1) is 20.4. The highest BCUT2D eigenvalue weighted by Gasteiger charge is 2.37. The van der Waals surface area contributed by atoms with Crippen molar-refractivity contribution in [2.75, 3.05) is 25.5 Å². The van der Waals surface area contributed by atoms with E-state index in [2.05, 4.69) is 41.0 Å². The van der Waals surface area contributed by atoms with Crippen LogP contribution in [0.4, 0.5) is 18.9 Å². The van der Waals surface area contributed by atoms with Crippen LogP contribution in [0.2, 0.25) is 10.0 Å². The van der Waals surface area contributed by atoms with E-state index >= 15 is 0 Å². The Morgan fingerprint density at radius 2 is 1.84 bits per heavy atom. The van der Waals surface area contributed by atoms with E-state index in [9.17, 15) is 22.8 Å². The first-order valence-electron chi connectivity index (χ1n) is 13.0. The number of nitrogens with zero attached hydrogens (tertiary/aromatic N) is 8. The molecule has 4 aromatic rings. The number of carbonyl (C=O) groups is 2. The molecule has 1 aliphatic rings. The van der Waals surface area contributed by atoms with Crippen molar-refractivity contribution in [3.05, 3.63) is 74.9 Å². The number of pyridine rings is 1. The topological polar surface area (TPSA) is 136 Å². The number of alkyl halides is 3. The molecule has 4 heterocycles. The molecule has 1 saturated heterocycles. The summed E-state index contributed by atoms with van der Waals surface area (Å²) in [5.41, 5.74) is 0.983. The minimum Gasteiger partial charge on any atom is -0.349 e. The van der Waals surface area contributed by atoms with Gasteiger partial charge >= 0.3 is 6.18 Å². The molecule has 1 aromatic carbocycles. The molecule has 0 spiro atoms. The van der Waals surface area contributed by atoms with Gasteiger partial charge in [-0.05, 0) is 81.0 Å². The van der Waals surface area contributed by atoms with Gasteiger partial charge in [-0.2, -0.15) is 23.1 Å². The molecule has 43 heavy (non-hydrogen) atoms. The number of halogens is 5. The molecule has 12 nitrogen and oxygen atoms in total. The Morgan fingerprint density at radius 3 is 2.51 bits per heavy atom. The molecule has 0 bridgehead atoms. The van der Waals surface area contributed by atoms with Crippen molar-refractivity contribution in [1.29, 1.82) is 0 Å². The van der Waals surface area contributed by atoms with Crippen molar-refractivity contribution < 1.29 is 22.8 Å². The van der Waals surface area contributed by atoms with E-state index in [1.165, 1.54) is 24.4 Å². The van der Waals surface area contributed by atoms with Crippen molar-refractivity contribution >= 4 is 40.7 Å². The SMILES string of the molecule is Cc1cc(Cl)cc(C(=O)NC2CCN(C)CC2)c1NC(=O)c1cc(Cn2nnc(C(F)(F)F)n2)nn1-c1ncccc1Cl. The zero-order chi connectivity index (χ0) is 30.9. The Kier molecular flexibility index (Phi) is 8.66. The summed E-state index contributed by atoms with van der Waals surface area (Å²) in [6.07, 6.45) is -1.78. The van der Waals surface area contributed by atoms with Gasteiger partial charge in [0.25, 0.3) is 17.6 Å². The number of amides is 2. The second-order valence-electron chi connectivity index (χ2n) is 10.0. The van der Waals surface area contributed by atoms with E-state index in [0.717, 1.165) is 30.6 Å². The lowest BCUT2D eigenvalue weighted by atomic mass is 10.0. The molecule has 1 aliphatic heterocycles. The summed E-state index contributed by atoms with van der Waals surface area (Å²) in [6, 6.07) is 7.50. The summed E-state index contributed by atoms with van der Waals surface area (Å²) in [5.74, 6) is -2.41. The fraction of sp³-hybridized carbons (Fsp3) is 0.346. The molecule has 5 rings (SSSR count). The Hall–Kier alpha value is -4.08. The van der Waals surface area contributed by atoms with E-state index < -0.39 is 23.8 Å². The predicted molar refractivity (Wildman–Crippen MR) is 150 cm³/mol. The largest absolute Gasteiger partial charge is 0.455 e. The number of rotatable bonds is 7. The summed E-state index contributed by atoms with van der Waals surface area (Å²) in [7, 11) is 2.02. The molecular formula is C26H25Cl2F3N10O2. The van der Waals surface area contributed by atoms with Crippen LogP contribution < -0.4 is 10.6 Å². The number of hydrogen-bond acceptors (Lipinski definition) is 8. The van der Waals surface area contributed by atoms with Crippen LogP contribution in [0, 0.1) is 6.92 Å². The first kappa shape index (κ1) is 30.4. The molecule has 2 N–H and O–H groups in total. The number of aryl methyl sites for hydroxylation is 1. The maximum atomic E-state index is 13.7. The summed E-state index contributed by atoms with van der Waals surface area (Å²) in [4.78, 5) is 34.2. The molecule has 226 valence electrons. The first-order valence-corrected chi connectivity index (χ1v) is 13.8. The van der Waals surface area contributed by atoms with Gasteiger partial charge in [-0.25, -0.2) is 9.67 Å². The quantitative estimate of drug-likeness (QED) is 0.311. The number of aromatic nitrogens is 7. The van der Waals surface area contributed by atoms with E-state index in [0.29, 0.717) is 15.4 Å². The van der Waals surface area contributed by atoms with Crippen LogP contribution in [-0.4, -0.2) is 77.9 Å². The highest BCUT2D eigenvalue weighted by molar-refractivity contribution is 6.32. The maximum absolute atomic E-state index is 13.7. The van der Waals surface area contributed by atoms with Crippen LogP contribution in [0.5, 0.6) is 0 Å². The highest BCUT2D eigenvalue weighted by Crippen LogP contribution is 2.28. The molecule has 0 unspecified atom stereocenters. The van der Waals surface area contributed by atoms with Crippen LogP contribution in [-0.2, 0) is 12.7 Å². The van der Waals surface area contributed by atoms with Gasteiger partial charge in [0.15, 0.2) is 5.82 Å². The number of likely N-dealkylation sites (tertiary alicyclic amines) is 1. The lowest BCUT2D eigenvalue weighted by molar-refractivity contribution is -0.145. The summed E-state index contributed by atoms with van der Waals surface area (Å²) < 4.78 is 40.1. The van der Waals surface area contributed by atoms with E-state index in [4.69, 9.17) is 23.2 Å². The minimum absolute atomic E-state index is 0.0370. The number of piperidine rings is 1. The van der Waals surface area contributed by atoms with Gasteiger partial charge in [-0.15, -0.1) is 10.2 Å². The maximum Gasteiger partial charge on any atom is 0.455 e. The second-order valence-corrected chi connectivity index (χ2v) is 10.9. The Labute approximate surface area is 253 Å². The van der Waals surface area contributed by atoms with Gasteiger partial charge in [0.2, 0.25) is 0 Å². The highest BCUT2D eigenvalue weighted by atomic mass is 35.5. The third-order valence-electron chi connectivity index (χ3n) is 6.78. The third-order valence-corrected chi connectivity index (χ3v) is 7.29. The predicted octanol–water partition coefficient (Wildman–Crippen LogP) is 4.01. The molecular weight excluding hydrogens is 612 g/mol. The molecule has 1 fully saturated rings. The van der Waals surface area contributed by atoms with Crippen molar-refractivity contribution in [1.82, 2.24) is 45.2 Å². The number of anilines is 1. The van der Waals surface area contributed by atoms with Gasteiger partial charge in [-0.3, -0.25) is 9.59 Å². The van der Waals surface area contributed by atoms with Crippen LogP contribution in [0.15, 0.2) is 36.5 Å². The van der Waals surface area contributed by atoms with Gasteiger partial charge in [0.1, 0.15) is 12.2 Å². The molecule has 0 aliphatic carbocycles. The van der Waals surface area contributed by atoms with Crippen molar-refractivity contribution in [3.8, 4) is 5.82 Å². The number of hydrogen-bond donors (Lipinski definition) is 2. The van der Waals surface area contributed by atoms with Gasteiger partial charge in [0.05, 0.1) is 22.0 Å². The van der Waals surface area contributed by atoms with Crippen molar-refractivity contribution in [3.63, 3.8) is 0 Å². The molecule has 2 amide bonds. The minimum atomic E-state index is -4.78. The lowest BCUT2D eigenvalue weighted by Crippen LogP contribution is -2.43. The zero-order valence-electron chi connectivity index (χ0n) is 22.9. The standard InChI is InChI=1S/C26H25Cl2F3N10O2/c1-14-10-15(27)11-18(23(42)33-16-5-8-39(2)9-6-16)21(14)34-24(43)20-12-17(13-40-37-25(35-38-40)26(29,30)31)36-41(20)22-19(28)4-3-7-32-22/h3-4,7,10-12,16H,5-6,8-9,13H2,1-2H3,(H,33,42)(H,34,43). The number of tetrazole rings is 1. The van der Waals surface area contributed by atoms with Crippen LogP contribution in [0.25, 0.3) is 5.82 Å². The van der Waals surface area contributed by atoms with Crippen molar-refractivity contribution in [2.45, 2.75) is 38.5 Å². The number of nitrogens with one attached hydrogen (secondary N) is 2. The normalized spacial score (nSPS) is 14.6. The Morgan fingerprint density at radius 1 is 1.09 bits per heavy atom. The molecule has 3 aromatic heterocycles. The van der Waals surface area contributed by atoms with Gasteiger partial charge in [-0.1, -0.05) is 23.2 Å². The van der Waals surface area contributed by atoms with E-state index in [1.807, 2.05) is 7.05 Å². The summed E-state index contributed by atoms with van der Waals surface area (Å²) in [5, 5.41) is 20.4. The van der Waals surface area contributed by atoms with Gasteiger partial charge < -0.3 is 15.5 Å². The number of benzene rings is 1. The van der Waals surface area contributed by atoms with Crippen LogP contribution in [0.1, 0.15) is 50.8 Å². The van der Waals surface area contributed by atoms with Crippen LogP contribution in [0.3, 0.4) is 0 Å². The Balaban J connectivity index is 1.47. The second kappa shape index (κ2) is 12.3. The molecule has 0 saturated carbocycles. The summed E-state index contributed by atoms with van der Waals surface area (Å²) >= 11 is 12.6.